The summed E-state index contributed by atoms with van der Waals surface area (Å²) in [5.41, 5.74) is 10.5. The van der Waals surface area contributed by atoms with Gasteiger partial charge in [0, 0.05) is 10.1 Å². The molecular weight excluding hydrogens is 989 g/mol. The fourth-order valence-electron chi connectivity index (χ4n) is 11.4. The van der Waals surface area contributed by atoms with Gasteiger partial charge in [0.25, 0.3) is 0 Å². The van der Waals surface area contributed by atoms with Crippen LogP contribution in [0.15, 0.2) is 279 Å². The van der Waals surface area contributed by atoms with Crippen molar-refractivity contribution < 1.29 is 0 Å². The van der Waals surface area contributed by atoms with Crippen molar-refractivity contribution in [2.24, 2.45) is 0 Å². The van der Waals surface area contributed by atoms with E-state index in [0.29, 0.717) is 17.5 Å². The molecule has 0 aliphatic heterocycles. The van der Waals surface area contributed by atoms with Gasteiger partial charge in [0.15, 0.2) is 0 Å². The van der Waals surface area contributed by atoms with E-state index in [1.807, 2.05) is 11.3 Å². The minimum absolute atomic E-state index is 0.593. The van der Waals surface area contributed by atoms with Crippen LogP contribution in [0.5, 0.6) is 0 Å². The summed E-state index contributed by atoms with van der Waals surface area (Å²) in [4.78, 5) is 16.7. The number of hydrogen-bond acceptors (Lipinski definition) is 4. The van der Waals surface area contributed by atoms with E-state index in [1.165, 1.54) is 54.1 Å². The van der Waals surface area contributed by atoms with Crippen LogP contribution >= 0.6 is 11.3 Å². The number of hydrogen-bond donors (Lipinski definition) is 0. The molecule has 14 aromatic rings. The Bertz CT molecular complexity index is 4270. The second-order valence-electron chi connectivity index (χ2n) is 19.1. The summed E-state index contributed by atoms with van der Waals surface area (Å²) >= 11 is -1.85. The maximum atomic E-state index is 5.61. The molecular formula is C69H46GeN4S. The molecule has 0 radical (unpaired) electrons. The molecule has 3 aromatic heterocycles. The molecule has 75 heavy (non-hydrogen) atoms. The summed E-state index contributed by atoms with van der Waals surface area (Å²) in [6.07, 6.45) is 0. The second-order valence-corrected chi connectivity index (χ2v) is 28.1. The van der Waals surface area contributed by atoms with E-state index >= 15 is 0 Å². The van der Waals surface area contributed by atoms with E-state index in [4.69, 9.17) is 15.0 Å². The van der Waals surface area contributed by atoms with Crippen LogP contribution in [0.4, 0.5) is 0 Å². The molecule has 0 aliphatic rings. The minimum atomic E-state index is -3.69. The molecule has 0 unspecified atom stereocenters. The van der Waals surface area contributed by atoms with Gasteiger partial charge in [-0.3, -0.25) is 0 Å². The molecule has 0 amide bonds. The van der Waals surface area contributed by atoms with Gasteiger partial charge in [0.2, 0.25) is 0 Å². The van der Waals surface area contributed by atoms with Gasteiger partial charge >= 0.3 is 374 Å². The second kappa shape index (κ2) is 18.8. The summed E-state index contributed by atoms with van der Waals surface area (Å²) < 4.78 is 10.3. The Balaban J connectivity index is 1.03. The van der Waals surface area contributed by atoms with E-state index < -0.39 is 13.3 Å². The van der Waals surface area contributed by atoms with Crippen LogP contribution in [0.2, 0.25) is 0 Å². The van der Waals surface area contributed by atoms with E-state index in [1.54, 1.807) is 0 Å². The summed E-state index contributed by atoms with van der Waals surface area (Å²) in [7, 11) is 0. The Morgan fingerprint density at radius 2 is 0.760 bits per heavy atom. The van der Waals surface area contributed by atoms with Gasteiger partial charge in [0.1, 0.15) is 0 Å². The first-order valence-electron chi connectivity index (χ1n) is 25.4. The Hall–Kier alpha value is -9.01. The van der Waals surface area contributed by atoms with Gasteiger partial charge < -0.3 is 0 Å². The van der Waals surface area contributed by atoms with Crippen molar-refractivity contribution in [3.05, 3.63) is 279 Å². The number of thiophene rings is 1. The zero-order chi connectivity index (χ0) is 49.7. The zero-order valence-electron chi connectivity index (χ0n) is 40.8. The average molecular weight is 1040 g/mol. The molecule has 352 valence electrons. The minimum Gasteiger partial charge on any atom is -0.0617 e. The third-order valence-corrected chi connectivity index (χ3v) is 26.1. The van der Waals surface area contributed by atoms with Crippen LogP contribution in [-0.2, 0) is 0 Å². The summed E-state index contributed by atoms with van der Waals surface area (Å²) in [5.74, 6) is 1.81. The van der Waals surface area contributed by atoms with Crippen LogP contribution in [0.1, 0.15) is 0 Å². The molecule has 6 heteroatoms. The molecule has 4 nitrogen and oxygen atoms in total. The molecule has 0 saturated heterocycles. The summed E-state index contributed by atoms with van der Waals surface area (Å²) in [6, 6.07) is 101. The van der Waals surface area contributed by atoms with Crippen LogP contribution in [0.3, 0.4) is 0 Å². The number of para-hydroxylation sites is 2. The predicted octanol–water partition coefficient (Wildman–Crippen LogP) is 15.0. The van der Waals surface area contributed by atoms with Crippen LogP contribution in [-0.4, -0.2) is 32.8 Å². The fraction of sp³-hybridized carbons (Fsp3) is 0. The van der Waals surface area contributed by atoms with Crippen molar-refractivity contribution in [2.45, 2.75) is 0 Å². The van der Waals surface area contributed by atoms with Gasteiger partial charge in [0.05, 0.1) is 0 Å². The van der Waals surface area contributed by atoms with Crippen LogP contribution < -0.4 is 17.6 Å². The molecule has 0 N–H and O–H groups in total. The molecule has 0 bridgehead atoms. The topological polar surface area (TPSA) is 43.6 Å². The Kier molecular flexibility index (Phi) is 11.2. The van der Waals surface area contributed by atoms with Gasteiger partial charge in [-0.05, 0) is 6.07 Å². The van der Waals surface area contributed by atoms with Crippen LogP contribution in [0.25, 0.3) is 104 Å². The molecule has 11 aromatic carbocycles. The molecule has 14 rings (SSSR count). The predicted molar refractivity (Wildman–Crippen MR) is 318 cm³/mol. The number of rotatable bonds is 10. The van der Waals surface area contributed by atoms with Gasteiger partial charge in [-0.1, -0.05) is 54.6 Å². The molecule has 0 fully saturated rings. The van der Waals surface area contributed by atoms with E-state index in [9.17, 15) is 0 Å². The number of aromatic nitrogens is 4. The van der Waals surface area contributed by atoms with Crippen molar-refractivity contribution in [2.75, 3.05) is 0 Å². The van der Waals surface area contributed by atoms with Gasteiger partial charge in [-0.15, -0.1) is 0 Å². The average Bonchev–Trinajstić information content (AvgIpc) is 4.07. The number of nitrogens with zero attached hydrogens (tertiary/aromatic N) is 4. The Morgan fingerprint density at radius 1 is 0.293 bits per heavy atom. The van der Waals surface area contributed by atoms with Crippen LogP contribution in [0, 0.1) is 0 Å². The maximum absolute atomic E-state index is 5.61. The first kappa shape index (κ1) is 44.7. The molecule has 0 atom stereocenters. The number of benzene rings is 11. The smallest absolute Gasteiger partial charge is 0.0617 e. The summed E-state index contributed by atoms with van der Waals surface area (Å²) in [6.45, 7) is 0. The monoisotopic (exact) mass is 1040 g/mol. The zero-order valence-corrected chi connectivity index (χ0v) is 43.7. The van der Waals surface area contributed by atoms with E-state index in [0.717, 1.165) is 50.1 Å². The first-order valence-corrected chi connectivity index (χ1v) is 30.4. The molecule has 0 spiro atoms. The third kappa shape index (κ3) is 7.70. The van der Waals surface area contributed by atoms with Crippen molar-refractivity contribution >= 4 is 84.2 Å². The fourth-order valence-corrected chi connectivity index (χ4v) is 22.7. The van der Waals surface area contributed by atoms with Gasteiger partial charge in [-0.25, -0.2) is 0 Å². The Labute approximate surface area is 441 Å². The third-order valence-electron chi connectivity index (χ3n) is 14.8. The van der Waals surface area contributed by atoms with Crippen molar-refractivity contribution in [3.63, 3.8) is 0 Å². The van der Waals surface area contributed by atoms with E-state index in [2.05, 4.69) is 284 Å². The first-order chi connectivity index (χ1) is 37.2. The van der Waals surface area contributed by atoms with E-state index in [-0.39, 0.29) is 0 Å². The van der Waals surface area contributed by atoms with Crippen molar-refractivity contribution in [1.82, 2.24) is 19.5 Å². The van der Waals surface area contributed by atoms with Crippen molar-refractivity contribution in [3.8, 4) is 62.1 Å². The molecule has 3 heterocycles. The quantitative estimate of drug-likeness (QED) is 0.128. The summed E-state index contributed by atoms with van der Waals surface area (Å²) in [5, 5.41) is 4.92. The molecule has 0 saturated carbocycles. The standard InChI is InChI=1S/C69H46GeN4S/c1-5-22-47(23-6-1)48-42-43-61(64(46-48)74-62-39-16-13-34-57(62)58-35-14-17-40-63(58)74)69-72-67(50-25-19-24-49(44-50)56-37-21-38-60-59-36-15-18-41-65(59)75-66(56)60)71-68(73-69)51-26-20-33-55(45-51)70(52-27-7-2-8-28-52,53-29-9-3-10-30-53)54-31-11-4-12-32-54/h1-46H. The van der Waals surface area contributed by atoms with Gasteiger partial charge in [-0.2, -0.15) is 0 Å². The number of fused-ring (bicyclic) bond motifs is 6. The Morgan fingerprint density at radius 3 is 1.40 bits per heavy atom. The SMILES string of the molecule is c1ccc(-c2ccc(-c3nc(-c4cccc(-c5cccc6c5sc5ccccc56)c4)nc(-c4ccc[c]([Ge]([c]5ccccc5)([c]5ccccc5)[c]5ccccc5)c4)n3)c(-n3c4ccccc4c4ccccc43)c2)cc1. The normalized spacial score (nSPS) is 11.7. The molecule has 0 aliphatic carbocycles. The van der Waals surface area contributed by atoms with Crippen molar-refractivity contribution in [1.29, 1.82) is 0 Å².